The standard InChI is InChI=1S/C20H17ClN4O7S3/c21-13-3-7-16(8-4-13)35(31,32)24-11-1-2-17(24)19(26)23-20-22-12-18(33-20)34(29,30)15-9-5-14(6-10-15)25(27)28/h3-10,12,17H,1-2,11H2,(H,22,23,26)/t17-/m1/s1. The second kappa shape index (κ2) is 9.62. The van der Waals surface area contributed by atoms with Crippen LogP contribution in [0.4, 0.5) is 10.8 Å². The molecule has 2 heterocycles. The van der Waals surface area contributed by atoms with Gasteiger partial charge in [-0.05, 0) is 49.2 Å². The van der Waals surface area contributed by atoms with Crippen molar-refractivity contribution in [1.29, 1.82) is 0 Å². The number of carbonyl (C=O) groups excluding carboxylic acids is 1. The van der Waals surface area contributed by atoms with Crippen LogP contribution in [0.3, 0.4) is 0 Å². The van der Waals surface area contributed by atoms with Crippen LogP contribution in [0.2, 0.25) is 5.02 Å². The molecule has 1 atom stereocenters. The summed E-state index contributed by atoms with van der Waals surface area (Å²) in [6, 6.07) is 9.01. The first kappa shape index (κ1) is 25.2. The molecule has 15 heteroatoms. The van der Waals surface area contributed by atoms with E-state index in [-0.39, 0.29) is 37.8 Å². The van der Waals surface area contributed by atoms with Gasteiger partial charge < -0.3 is 5.32 Å². The molecule has 0 spiro atoms. The van der Waals surface area contributed by atoms with Crippen LogP contribution in [-0.4, -0.2) is 49.5 Å². The number of nitro benzene ring substituents is 1. The number of thiazole rings is 1. The highest BCUT2D eigenvalue weighted by Gasteiger charge is 2.39. The van der Waals surface area contributed by atoms with Gasteiger partial charge in [0.1, 0.15) is 10.3 Å². The van der Waals surface area contributed by atoms with Crippen molar-refractivity contribution in [3.05, 3.63) is 69.9 Å². The number of nitrogens with one attached hydrogen (secondary N) is 1. The number of benzene rings is 2. The second-order valence-corrected chi connectivity index (χ2v) is 13.0. The summed E-state index contributed by atoms with van der Waals surface area (Å²) in [5.41, 5.74) is -0.254. The zero-order valence-electron chi connectivity index (χ0n) is 17.7. The van der Waals surface area contributed by atoms with Gasteiger partial charge in [-0.25, -0.2) is 21.8 Å². The second-order valence-electron chi connectivity index (χ2n) is 7.46. The van der Waals surface area contributed by atoms with E-state index >= 15 is 0 Å². The summed E-state index contributed by atoms with van der Waals surface area (Å²) >= 11 is 6.53. The van der Waals surface area contributed by atoms with Crippen molar-refractivity contribution in [2.24, 2.45) is 0 Å². The summed E-state index contributed by atoms with van der Waals surface area (Å²) in [6.07, 6.45) is 1.83. The van der Waals surface area contributed by atoms with Crippen molar-refractivity contribution in [3.8, 4) is 0 Å². The molecule has 1 aliphatic heterocycles. The van der Waals surface area contributed by atoms with Crippen molar-refractivity contribution in [2.45, 2.75) is 32.9 Å². The predicted octanol–water partition coefficient (Wildman–Crippen LogP) is 3.33. The topological polar surface area (TPSA) is 157 Å². The maximum atomic E-state index is 13.0. The number of aromatic nitrogens is 1. The molecule has 3 aromatic rings. The molecule has 4 rings (SSSR count). The van der Waals surface area contributed by atoms with Gasteiger partial charge in [0.2, 0.25) is 25.8 Å². The van der Waals surface area contributed by atoms with Crippen LogP contribution < -0.4 is 5.32 Å². The van der Waals surface area contributed by atoms with E-state index in [0.717, 1.165) is 34.8 Å². The third-order valence-corrected chi connectivity index (χ3v) is 10.6. The van der Waals surface area contributed by atoms with Gasteiger partial charge >= 0.3 is 0 Å². The van der Waals surface area contributed by atoms with Crippen LogP contribution in [0.25, 0.3) is 0 Å². The Morgan fingerprint density at radius 1 is 1.09 bits per heavy atom. The van der Waals surface area contributed by atoms with Gasteiger partial charge in [0.05, 0.1) is 20.9 Å². The molecular weight excluding hydrogens is 540 g/mol. The molecule has 1 N–H and O–H groups in total. The third kappa shape index (κ3) is 5.06. The number of sulfonamides is 1. The highest BCUT2D eigenvalue weighted by atomic mass is 35.5. The number of hydrogen-bond donors (Lipinski definition) is 1. The van der Waals surface area contributed by atoms with Crippen LogP contribution >= 0.6 is 22.9 Å². The molecule has 2 aromatic carbocycles. The summed E-state index contributed by atoms with van der Waals surface area (Å²) in [7, 11) is -7.98. The molecule has 0 radical (unpaired) electrons. The molecule has 0 bridgehead atoms. The van der Waals surface area contributed by atoms with Crippen molar-refractivity contribution in [1.82, 2.24) is 9.29 Å². The molecule has 0 aliphatic carbocycles. The summed E-state index contributed by atoms with van der Waals surface area (Å²) in [5.74, 6) is -0.631. The van der Waals surface area contributed by atoms with Gasteiger partial charge in [-0.3, -0.25) is 14.9 Å². The first-order chi connectivity index (χ1) is 16.5. The van der Waals surface area contributed by atoms with Gasteiger partial charge in [-0.15, -0.1) is 0 Å². The highest BCUT2D eigenvalue weighted by Crippen LogP contribution is 2.31. The minimum absolute atomic E-state index is 0.00678. The monoisotopic (exact) mass is 556 g/mol. The molecule has 35 heavy (non-hydrogen) atoms. The molecule has 1 saturated heterocycles. The number of carbonyl (C=O) groups is 1. The van der Waals surface area contributed by atoms with E-state index in [1.54, 1.807) is 0 Å². The zero-order chi connectivity index (χ0) is 25.4. The average Bonchev–Trinajstić information content (AvgIpc) is 3.50. The Bertz CT molecular complexity index is 1490. The lowest BCUT2D eigenvalue weighted by atomic mass is 10.2. The first-order valence-electron chi connectivity index (χ1n) is 10.0. The van der Waals surface area contributed by atoms with E-state index in [2.05, 4.69) is 10.3 Å². The van der Waals surface area contributed by atoms with Crippen LogP contribution in [0.1, 0.15) is 12.8 Å². The largest absolute Gasteiger partial charge is 0.301 e. The number of hydrogen-bond acceptors (Lipinski definition) is 9. The van der Waals surface area contributed by atoms with Crippen molar-refractivity contribution >= 4 is 59.5 Å². The van der Waals surface area contributed by atoms with E-state index in [4.69, 9.17) is 11.6 Å². The normalized spacial score (nSPS) is 16.8. The number of sulfone groups is 1. The Kier molecular flexibility index (Phi) is 6.92. The fraction of sp³-hybridized carbons (Fsp3) is 0.200. The molecule has 1 fully saturated rings. The Morgan fingerprint density at radius 3 is 2.34 bits per heavy atom. The van der Waals surface area contributed by atoms with Gasteiger partial charge in [0.15, 0.2) is 5.13 Å². The summed E-state index contributed by atoms with van der Waals surface area (Å²) in [4.78, 5) is 26.8. The van der Waals surface area contributed by atoms with Crippen molar-refractivity contribution in [2.75, 3.05) is 11.9 Å². The molecule has 0 saturated carbocycles. The molecule has 0 unspecified atom stereocenters. The summed E-state index contributed by atoms with van der Waals surface area (Å²) in [5, 5.41) is 13.6. The van der Waals surface area contributed by atoms with Crippen LogP contribution in [0, 0.1) is 10.1 Å². The summed E-state index contributed by atoms with van der Waals surface area (Å²) in [6.45, 7) is 0.153. The van der Waals surface area contributed by atoms with E-state index in [1.807, 2.05) is 0 Å². The Morgan fingerprint density at radius 2 is 1.71 bits per heavy atom. The molecular formula is C20H17ClN4O7S3. The zero-order valence-corrected chi connectivity index (χ0v) is 20.9. The number of nitrogens with zero attached hydrogens (tertiary/aromatic N) is 3. The maximum absolute atomic E-state index is 13.0. The van der Waals surface area contributed by atoms with E-state index in [0.29, 0.717) is 22.8 Å². The molecule has 1 amide bonds. The number of anilines is 1. The van der Waals surface area contributed by atoms with Gasteiger partial charge in [0.25, 0.3) is 5.69 Å². The average molecular weight is 557 g/mol. The highest BCUT2D eigenvalue weighted by molar-refractivity contribution is 7.93. The molecule has 1 aliphatic rings. The Balaban J connectivity index is 1.51. The lowest BCUT2D eigenvalue weighted by molar-refractivity contribution is -0.384. The predicted molar refractivity (Wildman–Crippen MR) is 128 cm³/mol. The Hall–Kier alpha value is -2.91. The minimum atomic E-state index is -4.02. The van der Waals surface area contributed by atoms with Gasteiger partial charge in [0, 0.05) is 23.7 Å². The van der Waals surface area contributed by atoms with Crippen LogP contribution in [-0.2, 0) is 24.7 Å². The molecule has 184 valence electrons. The summed E-state index contributed by atoms with van der Waals surface area (Å²) < 4.78 is 52.7. The number of amides is 1. The molecule has 11 nitrogen and oxygen atoms in total. The quantitative estimate of drug-likeness (QED) is 0.343. The SMILES string of the molecule is O=C(Nc1ncc(S(=O)(=O)c2ccc([N+](=O)[O-])cc2)s1)[C@H]1CCCN1S(=O)(=O)c1ccc(Cl)cc1. The van der Waals surface area contributed by atoms with Crippen molar-refractivity contribution in [3.63, 3.8) is 0 Å². The lowest BCUT2D eigenvalue weighted by Gasteiger charge is -2.23. The first-order valence-corrected chi connectivity index (χ1v) is 14.2. The van der Waals surface area contributed by atoms with Crippen LogP contribution in [0.15, 0.2) is 68.7 Å². The fourth-order valence-corrected chi connectivity index (χ4v) is 7.74. The Labute approximate surface area is 209 Å². The maximum Gasteiger partial charge on any atom is 0.269 e. The number of rotatable bonds is 7. The number of halogens is 1. The van der Waals surface area contributed by atoms with E-state index < -0.39 is 36.7 Å². The molecule has 1 aromatic heterocycles. The number of nitro groups is 1. The van der Waals surface area contributed by atoms with E-state index in [9.17, 15) is 31.7 Å². The third-order valence-electron chi connectivity index (χ3n) is 5.26. The fourth-order valence-electron chi connectivity index (χ4n) is 3.53. The van der Waals surface area contributed by atoms with Gasteiger partial charge in [-0.1, -0.05) is 22.9 Å². The van der Waals surface area contributed by atoms with E-state index in [1.165, 1.54) is 24.3 Å². The van der Waals surface area contributed by atoms with Crippen LogP contribution in [0.5, 0.6) is 0 Å². The van der Waals surface area contributed by atoms with Crippen molar-refractivity contribution < 1.29 is 26.6 Å². The smallest absolute Gasteiger partial charge is 0.269 e. The lowest BCUT2D eigenvalue weighted by Crippen LogP contribution is -2.43. The minimum Gasteiger partial charge on any atom is -0.301 e. The number of non-ortho nitro benzene ring substituents is 1. The van der Waals surface area contributed by atoms with Gasteiger partial charge in [-0.2, -0.15) is 4.31 Å².